The van der Waals surface area contributed by atoms with E-state index in [4.69, 9.17) is 37.9 Å². The molecule has 0 N–H and O–H groups in total. The van der Waals surface area contributed by atoms with Gasteiger partial charge in [-0.1, -0.05) is 171 Å². The van der Waals surface area contributed by atoms with E-state index in [1.165, 1.54) is 116 Å². The topological polar surface area (TPSA) is 223 Å². The van der Waals surface area contributed by atoms with Gasteiger partial charge in [-0.05, 0) is 76.2 Å². The van der Waals surface area contributed by atoms with Gasteiger partial charge < -0.3 is 57.5 Å². The van der Waals surface area contributed by atoms with Crippen molar-refractivity contribution in [1.29, 1.82) is 0 Å². The van der Waals surface area contributed by atoms with Crippen molar-refractivity contribution in [3.05, 3.63) is 0 Å². The molecule has 0 amide bonds. The number of thioether (sulfide) groups is 2. The van der Waals surface area contributed by atoms with Gasteiger partial charge in [-0.25, -0.2) is 0 Å². The van der Waals surface area contributed by atoms with E-state index in [-0.39, 0.29) is 126 Å². The van der Waals surface area contributed by atoms with Gasteiger partial charge in [0, 0.05) is 63.9 Å². The average Bonchev–Trinajstić information content (AvgIpc) is 2.05. The SMILES string of the molecule is CCCCCCCCCCCCSCC(C)C(=O)OCCOC(=O)CCN(CCCN1CCN(CCCN(CCC(=O)OCCOC(=O)C(C)CC)CCC(=O)OCCOC(=O)C(C)CC)CC1)CCC(=O)OCCOC(=O)C(C)CSCCCCCCCCCCCC. The third-order valence-electron chi connectivity index (χ3n) is 17.1. The van der Waals surface area contributed by atoms with Gasteiger partial charge in [0.15, 0.2) is 0 Å². The lowest BCUT2D eigenvalue weighted by Crippen LogP contribution is -2.47. The zero-order valence-corrected chi connectivity index (χ0v) is 61.8. The minimum Gasteiger partial charge on any atom is -0.462 e. The number of rotatable bonds is 64. The van der Waals surface area contributed by atoms with Crippen LogP contribution in [0.2, 0.25) is 0 Å². The zero-order chi connectivity index (χ0) is 69.1. The van der Waals surface area contributed by atoms with E-state index >= 15 is 0 Å². The Bertz CT molecular complexity index is 1840. The molecule has 1 saturated heterocycles. The number of hydrogen-bond acceptors (Lipinski definition) is 22. The number of hydrogen-bond donors (Lipinski definition) is 0. The number of ether oxygens (including phenoxy) is 8. The van der Waals surface area contributed by atoms with Crippen LogP contribution in [0, 0.1) is 23.7 Å². The number of nitrogens with zero attached hydrogens (tertiary/aromatic N) is 4. The van der Waals surface area contributed by atoms with Crippen molar-refractivity contribution < 1.29 is 76.3 Å². The summed E-state index contributed by atoms with van der Waals surface area (Å²) in [7, 11) is 0. The van der Waals surface area contributed by atoms with E-state index in [0.29, 0.717) is 63.6 Å². The summed E-state index contributed by atoms with van der Waals surface area (Å²) in [5.74, 6) is -0.420. The normalized spacial score (nSPS) is 14.1. The molecule has 94 heavy (non-hydrogen) atoms. The van der Waals surface area contributed by atoms with E-state index in [1.807, 2.05) is 32.6 Å². The average molecular weight is 1370 g/mol. The predicted molar refractivity (Wildman–Crippen MR) is 377 cm³/mol. The van der Waals surface area contributed by atoms with Crippen molar-refractivity contribution in [3.8, 4) is 0 Å². The van der Waals surface area contributed by atoms with Gasteiger partial charge in [-0.15, -0.1) is 0 Å². The van der Waals surface area contributed by atoms with Crippen LogP contribution in [0.5, 0.6) is 0 Å². The molecule has 0 aliphatic carbocycles. The molecule has 1 aliphatic rings. The molecule has 0 aromatic rings. The Kier molecular flexibility index (Phi) is 57.9. The Labute approximate surface area is 577 Å². The van der Waals surface area contributed by atoms with Crippen molar-refractivity contribution in [2.75, 3.05) is 154 Å². The maximum atomic E-state index is 13.0. The first-order valence-electron chi connectivity index (χ1n) is 36.9. The lowest BCUT2D eigenvalue weighted by atomic mass is 10.1. The van der Waals surface area contributed by atoms with Crippen LogP contribution in [-0.2, 0) is 76.3 Å². The molecule has 548 valence electrons. The van der Waals surface area contributed by atoms with Crippen LogP contribution in [0.15, 0.2) is 0 Å². The highest BCUT2D eigenvalue weighted by molar-refractivity contribution is 7.99. The fourth-order valence-electron chi connectivity index (χ4n) is 10.4. The highest BCUT2D eigenvalue weighted by Crippen LogP contribution is 2.18. The number of carbonyl (C=O) groups excluding carboxylic acids is 8. The maximum absolute atomic E-state index is 13.0. The summed E-state index contributed by atoms with van der Waals surface area (Å²) in [6, 6.07) is 0. The van der Waals surface area contributed by atoms with Gasteiger partial charge in [0.05, 0.1) is 49.4 Å². The second-order valence-electron chi connectivity index (χ2n) is 25.6. The van der Waals surface area contributed by atoms with E-state index in [0.717, 1.165) is 76.5 Å². The summed E-state index contributed by atoms with van der Waals surface area (Å²) in [6.07, 6.45) is 29.2. The Morgan fingerprint density at radius 3 is 0.830 bits per heavy atom. The van der Waals surface area contributed by atoms with Gasteiger partial charge in [0.25, 0.3) is 0 Å². The summed E-state index contributed by atoms with van der Waals surface area (Å²) in [6.45, 7) is 23.3. The lowest BCUT2D eigenvalue weighted by Gasteiger charge is -2.35. The molecule has 1 aliphatic heterocycles. The third-order valence-corrected chi connectivity index (χ3v) is 19.7. The van der Waals surface area contributed by atoms with Crippen molar-refractivity contribution in [3.63, 3.8) is 0 Å². The minimum absolute atomic E-state index is 0.00820. The largest absolute Gasteiger partial charge is 0.462 e. The van der Waals surface area contributed by atoms with Crippen molar-refractivity contribution in [2.45, 2.75) is 235 Å². The quantitative estimate of drug-likeness (QED) is 0.0313. The van der Waals surface area contributed by atoms with E-state index in [9.17, 15) is 38.4 Å². The molecule has 4 unspecified atom stereocenters. The number of carbonyl (C=O) groups is 8. The first-order chi connectivity index (χ1) is 45.5. The lowest BCUT2D eigenvalue weighted by molar-refractivity contribution is -0.155. The zero-order valence-electron chi connectivity index (χ0n) is 60.2. The number of unbranched alkanes of at least 4 members (excludes halogenated alkanes) is 18. The van der Waals surface area contributed by atoms with Crippen molar-refractivity contribution >= 4 is 71.3 Å². The predicted octanol–water partition coefficient (Wildman–Crippen LogP) is 12.6. The van der Waals surface area contributed by atoms with Crippen LogP contribution >= 0.6 is 23.5 Å². The second kappa shape index (κ2) is 61.6. The highest BCUT2D eigenvalue weighted by atomic mass is 32.2. The summed E-state index contributed by atoms with van der Waals surface area (Å²) in [5.41, 5.74) is 0. The maximum Gasteiger partial charge on any atom is 0.309 e. The first-order valence-corrected chi connectivity index (χ1v) is 39.2. The summed E-state index contributed by atoms with van der Waals surface area (Å²) in [4.78, 5) is 110. The van der Waals surface area contributed by atoms with Crippen LogP contribution < -0.4 is 0 Å². The second-order valence-corrected chi connectivity index (χ2v) is 27.9. The van der Waals surface area contributed by atoms with Gasteiger partial charge in [-0.3, -0.25) is 38.4 Å². The Hall–Kier alpha value is -3.70. The molecule has 20 nitrogen and oxygen atoms in total. The van der Waals surface area contributed by atoms with Crippen LogP contribution in [0.1, 0.15) is 235 Å². The van der Waals surface area contributed by atoms with Crippen molar-refractivity contribution in [1.82, 2.24) is 19.6 Å². The Morgan fingerprint density at radius 1 is 0.319 bits per heavy atom. The van der Waals surface area contributed by atoms with Gasteiger partial charge in [0.1, 0.15) is 52.9 Å². The van der Waals surface area contributed by atoms with E-state index < -0.39 is 23.9 Å². The monoisotopic (exact) mass is 1370 g/mol. The third kappa shape index (κ3) is 51.5. The van der Waals surface area contributed by atoms with E-state index in [1.54, 1.807) is 37.4 Å². The molecule has 4 atom stereocenters. The van der Waals surface area contributed by atoms with Crippen LogP contribution in [0.25, 0.3) is 0 Å². The molecule has 0 saturated carbocycles. The summed E-state index contributed by atoms with van der Waals surface area (Å²) in [5, 5.41) is 0. The Balaban J connectivity index is 2.69. The Morgan fingerprint density at radius 2 is 0.564 bits per heavy atom. The van der Waals surface area contributed by atoms with Gasteiger partial charge >= 0.3 is 47.8 Å². The molecule has 1 fully saturated rings. The van der Waals surface area contributed by atoms with Crippen molar-refractivity contribution in [2.24, 2.45) is 23.7 Å². The fourth-order valence-corrected chi connectivity index (χ4v) is 12.5. The molecule has 22 heteroatoms. The standard InChI is InChI=1S/C72H132N4O16S2/c1-9-13-15-17-19-21-23-25-27-29-57-93-59-63(7)71(83)91-55-51-87-67(79)35-43-74(44-36-68(80)88-52-56-92-72(84)64(8)60-94-58-30-28-26-24-22-20-18-16-14-10-2)38-32-40-76-47-45-75(46-48-76)39-31-37-73(41-33-65(77)85-49-53-89-69(81)61(5)11-3)42-34-66(78)86-50-54-90-70(82)62(6)12-4/h61-64H,9-60H2,1-8H3. The fraction of sp³-hybridized carbons (Fsp3) is 0.889. The number of esters is 8. The van der Waals surface area contributed by atoms with Crippen LogP contribution in [0.4, 0.5) is 0 Å². The minimum atomic E-state index is -0.426. The molecule has 0 aromatic carbocycles. The van der Waals surface area contributed by atoms with Gasteiger partial charge in [-0.2, -0.15) is 23.5 Å². The van der Waals surface area contributed by atoms with Crippen LogP contribution in [0.3, 0.4) is 0 Å². The smallest absolute Gasteiger partial charge is 0.309 e. The molecule has 0 spiro atoms. The summed E-state index contributed by atoms with van der Waals surface area (Å²) >= 11 is 3.57. The highest BCUT2D eigenvalue weighted by Gasteiger charge is 2.22. The molecule has 1 heterocycles. The molecule has 0 bridgehead atoms. The van der Waals surface area contributed by atoms with Crippen LogP contribution in [-0.4, -0.2) is 222 Å². The van der Waals surface area contributed by atoms with Gasteiger partial charge in [0.2, 0.25) is 0 Å². The number of piperazine rings is 1. The molecule has 0 aromatic heterocycles. The summed E-state index contributed by atoms with van der Waals surface area (Å²) < 4.78 is 43.0. The molecule has 0 radical (unpaired) electrons. The molecular weight excluding hydrogens is 1240 g/mol. The van der Waals surface area contributed by atoms with E-state index in [2.05, 4.69) is 28.5 Å². The molecule has 1 rings (SSSR count). The molecular formula is C72H132N4O16S2. The first kappa shape index (κ1) is 88.3.